The Hall–Kier alpha value is -1.69. The van der Waals surface area contributed by atoms with Crippen molar-refractivity contribution in [3.63, 3.8) is 0 Å². The van der Waals surface area contributed by atoms with Gasteiger partial charge in [-0.25, -0.2) is 8.78 Å². The first-order chi connectivity index (χ1) is 8.50. The van der Waals surface area contributed by atoms with E-state index >= 15 is 0 Å². The molecule has 0 fully saturated rings. The van der Waals surface area contributed by atoms with E-state index in [0.29, 0.717) is 0 Å². The lowest BCUT2D eigenvalue weighted by Gasteiger charge is -2.08. The summed E-state index contributed by atoms with van der Waals surface area (Å²) in [4.78, 5) is 11.6. The summed E-state index contributed by atoms with van der Waals surface area (Å²) in [5.41, 5.74) is 0.996. The number of ether oxygens (including phenoxy) is 1. The lowest BCUT2D eigenvalue weighted by atomic mass is 10.1. The summed E-state index contributed by atoms with van der Waals surface area (Å²) >= 11 is 0. The molecule has 0 unspecified atom stereocenters. The molecular formula is C12H15F2NO3. The first kappa shape index (κ1) is 14.4. The maximum Gasteiger partial charge on any atom is 0.261 e. The second-order valence-corrected chi connectivity index (χ2v) is 3.74. The molecule has 0 atom stereocenters. The molecule has 0 aliphatic heterocycles. The number of phenolic OH excluding ortho intramolecular Hbond substituents is 1. The van der Waals surface area contributed by atoms with E-state index in [9.17, 15) is 18.7 Å². The fourth-order valence-corrected chi connectivity index (χ4v) is 1.34. The first-order valence-electron chi connectivity index (χ1n) is 5.44. The second kappa shape index (κ2) is 6.90. The number of carbonyl (C=O) groups excluding carboxylic acids is 1. The molecular weight excluding hydrogens is 244 g/mol. The van der Waals surface area contributed by atoms with Crippen LogP contribution in [0, 0.1) is 6.92 Å². The lowest BCUT2D eigenvalue weighted by Crippen LogP contribution is -2.27. The third kappa shape index (κ3) is 4.67. The Morgan fingerprint density at radius 2 is 2.22 bits per heavy atom. The van der Waals surface area contributed by atoms with Gasteiger partial charge in [-0.3, -0.25) is 4.79 Å². The number of nitrogens with one attached hydrogen (secondary N) is 1. The Kier molecular flexibility index (Phi) is 5.51. The fraction of sp³-hybridized carbons (Fsp3) is 0.417. The van der Waals surface area contributed by atoms with Crippen molar-refractivity contribution >= 4 is 5.91 Å². The number of phenols is 1. The minimum atomic E-state index is -2.51. The van der Waals surface area contributed by atoms with E-state index in [1.165, 1.54) is 6.07 Å². The van der Waals surface area contributed by atoms with Gasteiger partial charge >= 0.3 is 0 Å². The number of hydrogen-bond donors (Lipinski definition) is 2. The molecule has 0 bridgehead atoms. The van der Waals surface area contributed by atoms with Crippen LogP contribution >= 0.6 is 0 Å². The topological polar surface area (TPSA) is 58.6 Å². The number of amides is 1. The van der Waals surface area contributed by atoms with Gasteiger partial charge in [-0.15, -0.1) is 0 Å². The van der Waals surface area contributed by atoms with E-state index in [-0.39, 0.29) is 24.5 Å². The highest BCUT2D eigenvalue weighted by atomic mass is 19.3. The average molecular weight is 259 g/mol. The normalized spacial score (nSPS) is 10.7. The molecule has 1 rings (SSSR count). The van der Waals surface area contributed by atoms with Crippen molar-refractivity contribution in [3.8, 4) is 5.75 Å². The van der Waals surface area contributed by atoms with Crippen molar-refractivity contribution in [3.05, 3.63) is 29.3 Å². The standard InChI is InChI=1S/C12H15F2NO3/c1-8-2-3-10(16)9(6-8)12(17)15-4-5-18-7-11(13)14/h2-3,6,11,16H,4-5,7H2,1H3,(H,15,17). The highest BCUT2D eigenvalue weighted by Crippen LogP contribution is 2.17. The zero-order valence-corrected chi connectivity index (χ0v) is 9.95. The third-order valence-corrected chi connectivity index (χ3v) is 2.17. The van der Waals surface area contributed by atoms with Crippen LogP contribution in [-0.4, -0.2) is 37.2 Å². The molecule has 0 radical (unpaired) electrons. The number of aromatic hydroxyl groups is 1. The molecule has 0 heterocycles. The first-order valence-corrected chi connectivity index (χ1v) is 5.44. The smallest absolute Gasteiger partial charge is 0.261 e. The van der Waals surface area contributed by atoms with Gasteiger partial charge in [0.25, 0.3) is 12.3 Å². The maximum absolute atomic E-state index is 11.7. The molecule has 4 nitrogen and oxygen atoms in total. The SMILES string of the molecule is Cc1ccc(O)c(C(=O)NCCOCC(F)F)c1. The summed E-state index contributed by atoms with van der Waals surface area (Å²) in [7, 11) is 0. The van der Waals surface area contributed by atoms with Crippen LogP contribution in [0.2, 0.25) is 0 Å². The number of benzene rings is 1. The maximum atomic E-state index is 11.7. The molecule has 0 saturated heterocycles. The lowest BCUT2D eigenvalue weighted by molar-refractivity contribution is 0.0188. The molecule has 18 heavy (non-hydrogen) atoms. The van der Waals surface area contributed by atoms with Gasteiger partial charge in [0.2, 0.25) is 0 Å². The molecule has 0 aromatic heterocycles. The van der Waals surface area contributed by atoms with Crippen molar-refractivity contribution in [2.24, 2.45) is 0 Å². The Balaban J connectivity index is 2.39. The van der Waals surface area contributed by atoms with Crippen LogP contribution in [0.1, 0.15) is 15.9 Å². The van der Waals surface area contributed by atoms with E-state index in [2.05, 4.69) is 10.1 Å². The average Bonchev–Trinajstić information content (AvgIpc) is 2.31. The van der Waals surface area contributed by atoms with E-state index in [4.69, 9.17) is 0 Å². The number of hydrogen-bond acceptors (Lipinski definition) is 3. The van der Waals surface area contributed by atoms with Crippen molar-refractivity contribution in [1.82, 2.24) is 5.32 Å². The Morgan fingerprint density at radius 1 is 1.50 bits per heavy atom. The zero-order valence-electron chi connectivity index (χ0n) is 9.95. The molecule has 0 aliphatic rings. The highest BCUT2D eigenvalue weighted by molar-refractivity contribution is 5.96. The van der Waals surface area contributed by atoms with Crippen LogP contribution in [0.15, 0.2) is 18.2 Å². The summed E-state index contributed by atoms with van der Waals surface area (Å²) in [5.74, 6) is -0.580. The summed E-state index contributed by atoms with van der Waals surface area (Å²) in [6, 6.07) is 4.65. The van der Waals surface area contributed by atoms with Crippen molar-refractivity contribution in [2.75, 3.05) is 19.8 Å². The molecule has 2 N–H and O–H groups in total. The summed E-state index contributed by atoms with van der Waals surface area (Å²) in [6.07, 6.45) is -2.51. The molecule has 1 amide bonds. The van der Waals surface area contributed by atoms with Crippen LogP contribution in [-0.2, 0) is 4.74 Å². The van der Waals surface area contributed by atoms with Gasteiger partial charge in [-0.1, -0.05) is 11.6 Å². The highest BCUT2D eigenvalue weighted by Gasteiger charge is 2.10. The van der Waals surface area contributed by atoms with Gasteiger partial charge in [-0.05, 0) is 19.1 Å². The van der Waals surface area contributed by atoms with Gasteiger partial charge in [-0.2, -0.15) is 0 Å². The number of halogens is 2. The van der Waals surface area contributed by atoms with Crippen molar-refractivity contribution in [2.45, 2.75) is 13.3 Å². The van der Waals surface area contributed by atoms with E-state index in [1.807, 2.05) is 0 Å². The van der Waals surface area contributed by atoms with Crippen molar-refractivity contribution < 1.29 is 23.4 Å². The number of carbonyl (C=O) groups is 1. The van der Waals surface area contributed by atoms with E-state index in [0.717, 1.165) is 5.56 Å². The molecule has 0 aliphatic carbocycles. The molecule has 0 saturated carbocycles. The molecule has 0 spiro atoms. The predicted octanol–water partition coefficient (Wildman–Crippen LogP) is 1.71. The summed E-state index contributed by atoms with van der Waals surface area (Å²) in [6.45, 7) is 1.26. The second-order valence-electron chi connectivity index (χ2n) is 3.74. The molecule has 100 valence electrons. The van der Waals surface area contributed by atoms with Gasteiger partial charge < -0.3 is 15.2 Å². The zero-order chi connectivity index (χ0) is 13.5. The predicted molar refractivity (Wildman–Crippen MR) is 62.0 cm³/mol. The van der Waals surface area contributed by atoms with Gasteiger partial charge in [0.15, 0.2) is 0 Å². The van der Waals surface area contributed by atoms with Crippen LogP contribution < -0.4 is 5.32 Å². The third-order valence-electron chi connectivity index (χ3n) is 2.17. The van der Waals surface area contributed by atoms with Gasteiger partial charge in [0.05, 0.1) is 12.2 Å². The minimum absolute atomic E-state index is 0.00264. The summed E-state index contributed by atoms with van der Waals surface area (Å²) < 4.78 is 28.1. The van der Waals surface area contributed by atoms with Crippen LogP contribution in [0.4, 0.5) is 8.78 Å². The number of aryl methyl sites for hydroxylation is 1. The Morgan fingerprint density at radius 3 is 2.89 bits per heavy atom. The summed E-state index contributed by atoms with van der Waals surface area (Å²) in [5, 5.41) is 12.0. The van der Waals surface area contributed by atoms with E-state index < -0.39 is 18.9 Å². The molecule has 1 aromatic rings. The van der Waals surface area contributed by atoms with Crippen LogP contribution in [0.3, 0.4) is 0 Å². The van der Waals surface area contributed by atoms with Gasteiger partial charge in [0, 0.05) is 6.54 Å². The largest absolute Gasteiger partial charge is 0.507 e. The molecule has 1 aromatic carbocycles. The fourth-order valence-electron chi connectivity index (χ4n) is 1.34. The Labute approximate surface area is 104 Å². The Bertz CT molecular complexity index is 410. The van der Waals surface area contributed by atoms with E-state index in [1.54, 1.807) is 19.1 Å². The monoisotopic (exact) mass is 259 g/mol. The molecule has 6 heteroatoms. The van der Waals surface area contributed by atoms with Crippen LogP contribution in [0.5, 0.6) is 5.75 Å². The minimum Gasteiger partial charge on any atom is -0.507 e. The van der Waals surface area contributed by atoms with Crippen molar-refractivity contribution in [1.29, 1.82) is 0 Å². The number of alkyl halides is 2. The number of rotatable bonds is 6. The quantitative estimate of drug-likeness (QED) is 0.765. The van der Waals surface area contributed by atoms with Crippen LogP contribution in [0.25, 0.3) is 0 Å². The van der Waals surface area contributed by atoms with Gasteiger partial charge in [0.1, 0.15) is 12.4 Å².